The third-order valence-electron chi connectivity index (χ3n) is 2.66. The Bertz CT molecular complexity index is 570. The molecule has 102 valence electrons. The first kappa shape index (κ1) is 13.5. The van der Waals surface area contributed by atoms with Crippen molar-refractivity contribution in [1.82, 2.24) is 24.8 Å². The largest absolute Gasteiger partial charge is 0.368 e. The lowest BCUT2D eigenvalue weighted by Crippen LogP contribution is -2.16. The first-order valence-electron chi connectivity index (χ1n) is 6.05. The summed E-state index contributed by atoms with van der Waals surface area (Å²) >= 11 is 5.87. The van der Waals surface area contributed by atoms with Gasteiger partial charge in [0, 0.05) is 19.6 Å². The number of nitrogens with zero attached hydrogens (tertiary/aromatic N) is 4. The number of anilines is 1. The van der Waals surface area contributed by atoms with Crippen LogP contribution in [0, 0.1) is 0 Å². The van der Waals surface area contributed by atoms with E-state index in [1.807, 2.05) is 11.5 Å². The number of carbonyl (C=O) groups excluding carboxylic acids is 1. The molecule has 0 radical (unpaired) electrons. The van der Waals surface area contributed by atoms with E-state index in [9.17, 15) is 4.79 Å². The molecule has 8 heteroatoms. The van der Waals surface area contributed by atoms with E-state index in [0.717, 1.165) is 18.5 Å². The molecular formula is C11H15ClN6O. The van der Waals surface area contributed by atoms with Gasteiger partial charge in [-0.15, -0.1) is 0 Å². The van der Waals surface area contributed by atoms with Crippen molar-refractivity contribution in [1.29, 1.82) is 0 Å². The number of hydrogen-bond acceptors (Lipinski definition) is 5. The van der Waals surface area contributed by atoms with Crippen LogP contribution in [0.4, 0.5) is 5.82 Å². The second-order valence-corrected chi connectivity index (χ2v) is 4.23. The lowest BCUT2D eigenvalue weighted by atomic mass is 10.4. The van der Waals surface area contributed by atoms with Crippen LogP contribution in [0.5, 0.6) is 0 Å². The van der Waals surface area contributed by atoms with Crippen molar-refractivity contribution in [2.45, 2.75) is 19.9 Å². The highest BCUT2D eigenvalue weighted by Crippen LogP contribution is 2.21. The van der Waals surface area contributed by atoms with E-state index in [1.54, 1.807) is 6.33 Å². The number of amides is 1. The number of rotatable bonds is 7. The number of halogens is 1. The molecule has 0 aliphatic heterocycles. The van der Waals surface area contributed by atoms with Crippen LogP contribution >= 0.6 is 11.6 Å². The van der Waals surface area contributed by atoms with Crippen LogP contribution in [-0.4, -0.2) is 39.0 Å². The first-order chi connectivity index (χ1) is 9.26. The van der Waals surface area contributed by atoms with E-state index in [0.29, 0.717) is 31.0 Å². The minimum atomic E-state index is 0.169. The molecule has 19 heavy (non-hydrogen) atoms. The van der Waals surface area contributed by atoms with Crippen molar-refractivity contribution in [3.05, 3.63) is 11.6 Å². The second-order valence-electron chi connectivity index (χ2n) is 3.90. The highest BCUT2D eigenvalue weighted by molar-refractivity contribution is 6.28. The zero-order chi connectivity index (χ0) is 13.7. The highest BCUT2D eigenvalue weighted by Gasteiger charge is 2.11. The lowest BCUT2D eigenvalue weighted by molar-refractivity contribution is -0.109. The standard InChI is InChI=1S/C11H15ClN6O/c1-2-18-6-15-10-8(18)9(16-11(12)17-10)14-5-3-4-13-7-19/h6-7H,2-5H2,1H3,(H,13,19)(H,14,16,17). The molecule has 2 heterocycles. The summed E-state index contributed by atoms with van der Waals surface area (Å²) in [4.78, 5) is 22.6. The normalized spacial score (nSPS) is 10.6. The van der Waals surface area contributed by atoms with Crippen molar-refractivity contribution < 1.29 is 4.79 Å². The van der Waals surface area contributed by atoms with Gasteiger partial charge in [-0.25, -0.2) is 4.98 Å². The van der Waals surface area contributed by atoms with E-state index in [-0.39, 0.29) is 5.28 Å². The van der Waals surface area contributed by atoms with Crippen LogP contribution in [-0.2, 0) is 11.3 Å². The average Bonchev–Trinajstić information content (AvgIpc) is 2.81. The summed E-state index contributed by atoms with van der Waals surface area (Å²) in [6.07, 6.45) is 3.20. The zero-order valence-corrected chi connectivity index (χ0v) is 11.3. The number of aryl methyl sites for hydroxylation is 1. The molecule has 0 unspecified atom stereocenters. The fourth-order valence-electron chi connectivity index (χ4n) is 1.77. The van der Waals surface area contributed by atoms with E-state index in [1.165, 1.54) is 0 Å². The number of fused-ring (bicyclic) bond motifs is 1. The summed E-state index contributed by atoms with van der Waals surface area (Å²) < 4.78 is 1.96. The molecule has 2 aromatic rings. The van der Waals surface area contributed by atoms with Crippen LogP contribution in [0.3, 0.4) is 0 Å². The molecule has 0 aromatic carbocycles. The van der Waals surface area contributed by atoms with E-state index >= 15 is 0 Å². The molecule has 2 aromatic heterocycles. The monoisotopic (exact) mass is 282 g/mol. The van der Waals surface area contributed by atoms with Gasteiger partial charge >= 0.3 is 0 Å². The summed E-state index contributed by atoms with van der Waals surface area (Å²) in [5, 5.41) is 5.97. The fraction of sp³-hybridized carbons (Fsp3) is 0.455. The Balaban J connectivity index is 2.16. The smallest absolute Gasteiger partial charge is 0.226 e. The zero-order valence-electron chi connectivity index (χ0n) is 10.6. The van der Waals surface area contributed by atoms with Crippen LogP contribution in [0.15, 0.2) is 6.33 Å². The van der Waals surface area contributed by atoms with Gasteiger partial charge in [0.05, 0.1) is 6.33 Å². The van der Waals surface area contributed by atoms with Crippen molar-refractivity contribution in [2.75, 3.05) is 18.4 Å². The number of carbonyl (C=O) groups is 1. The number of aromatic nitrogens is 4. The molecule has 0 aliphatic rings. The fourth-order valence-corrected chi connectivity index (χ4v) is 1.94. The summed E-state index contributed by atoms with van der Waals surface area (Å²) in [6, 6.07) is 0. The maximum Gasteiger partial charge on any atom is 0.226 e. The van der Waals surface area contributed by atoms with E-state index < -0.39 is 0 Å². The third kappa shape index (κ3) is 3.11. The Morgan fingerprint density at radius 1 is 1.42 bits per heavy atom. The molecule has 0 bridgehead atoms. The molecule has 0 saturated heterocycles. The van der Waals surface area contributed by atoms with Crippen LogP contribution in [0.2, 0.25) is 5.28 Å². The third-order valence-corrected chi connectivity index (χ3v) is 2.83. The van der Waals surface area contributed by atoms with Gasteiger partial charge in [0.1, 0.15) is 5.52 Å². The summed E-state index contributed by atoms with van der Waals surface area (Å²) in [7, 11) is 0. The Kier molecular flexibility index (Phi) is 4.51. The summed E-state index contributed by atoms with van der Waals surface area (Å²) in [5.41, 5.74) is 1.42. The Morgan fingerprint density at radius 3 is 3.00 bits per heavy atom. The van der Waals surface area contributed by atoms with Gasteiger partial charge in [0.2, 0.25) is 11.7 Å². The molecule has 0 aliphatic carbocycles. The average molecular weight is 283 g/mol. The first-order valence-corrected chi connectivity index (χ1v) is 6.43. The van der Waals surface area contributed by atoms with E-state index in [2.05, 4.69) is 25.6 Å². The van der Waals surface area contributed by atoms with Gasteiger partial charge in [-0.2, -0.15) is 9.97 Å². The van der Waals surface area contributed by atoms with Gasteiger partial charge in [0.25, 0.3) is 0 Å². The summed E-state index contributed by atoms with van der Waals surface area (Å²) in [6.45, 7) is 4.10. The van der Waals surface area contributed by atoms with Gasteiger partial charge in [0.15, 0.2) is 11.5 Å². The molecule has 7 nitrogen and oxygen atoms in total. The number of hydrogen-bond donors (Lipinski definition) is 2. The maximum atomic E-state index is 10.1. The molecule has 0 fully saturated rings. The molecule has 2 rings (SSSR count). The van der Waals surface area contributed by atoms with Crippen molar-refractivity contribution >= 4 is 35.0 Å². The Morgan fingerprint density at radius 2 is 2.26 bits per heavy atom. The van der Waals surface area contributed by atoms with Gasteiger partial charge < -0.3 is 15.2 Å². The van der Waals surface area contributed by atoms with Crippen LogP contribution < -0.4 is 10.6 Å². The Labute approximate surface area is 115 Å². The van der Waals surface area contributed by atoms with Gasteiger partial charge in [-0.3, -0.25) is 4.79 Å². The molecule has 0 saturated carbocycles. The predicted molar refractivity (Wildman–Crippen MR) is 73.2 cm³/mol. The molecule has 2 N–H and O–H groups in total. The molecule has 0 atom stereocenters. The van der Waals surface area contributed by atoms with Crippen molar-refractivity contribution in [2.24, 2.45) is 0 Å². The minimum absolute atomic E-state index is 0.169. The number of imidazole rings is 1. The molecular weight excluding hydrogens is 268 g/mol. The van der Waals surface area contributed by atoms with Gasteiger partial charge in [-0.05, 0) is 24.9 Å². The van der Waals surface area contributed by atoms with Crippen molar-refractivity contribution in [3.63, 3.8) is 0 Å². The predicted octanol–water partition coefficient (Wildman–Crippen LogP) is 1.05. The second kappa shape index (κ2) is 6.33. The maximum absolute atomic E-state index is 10.1. The highest BCUT2D eigenvalue weighted by atomic mass is 35.5. The quantitative estimate of drug-likeness (QED) is 0.450. The van der Waals surface area contributed by atoms with Crippen LogP contribution in [0.1, 0.15) is 13.3 Å². The topological polar surface area (TPSA) is 84.7 Å². The molecule has 1 amide bonds. The number of nitrogens with one attached hydrogen (secondary N) is 2. The lowest BCUT2D eigenvalue weighted by Gasteiger charge is -2.08. The SMILES string of the molecule is CCn1cnc2nc(Cl)nc(NCCCNC=O)c21. The van der Waals surface area contributed by atoms with E-state index in [4.69, 9.17) is 11.6 Å². The summed E-state index contributed by atoms with van der Waals surface area (Å²) in [5.74, 6) is 0.667. The minimum Gasteiger partial charge on any atom is -0.368 e. The van der Waals surface area contributed by atoms with Crippen molar-refractivity contribution in [3.8, 4) is 0 Å². The molecule has 0 spiro atoms. The van der Waals surface area contributed by atoms with Gasteiger partial charge in [-0.1, -0.05) is 0 Å². The Hall–Kier alpha value is -1.89. The van der Waals surface area contributed by atoms with Crippen LogP contribution in [0.25, 0.3) is 11.2 Å².